The minimum absolute atomic E-state index is 0.143. The van der Waals surface area contributed by atoms with Gasteiger partial charge in [-0.15, -0.1) is 11.8 Å². The zero-order valence-corrected chi connectivity index (χ0v) is 14.3. The number of thioether (sulfide) groups is 1. The highest BCUT2D eigenvalue weighted by molar-refractivity contribution is 8.00. The lowest BCUT2D eigenvalue weighted by Gasteiger charge is -2.19. The molecule has 1 aromatic rings. The molecule has 0 heterocycles. The number of aliphatic carboxylic acids is 1. The number of rotatable bonds is 5. The lowest BCUT2D eigenvalue weighted by atomic mass is 10.1. The number of halogens is 1. The van der Waals surface area contributed by atoms with E-state index in [0.29, 0.717) is 4.90 Å². The Labute approximate surface area is 138 Å². The van der Waals surface area contributed by atoms with Crippen molar-refractivity contribution in [3.63, 3.8) is 0 Å². The second-order valence-electron chi connectivity index (χ2n) is 6.25. The third kappa shape index (κ3) is 6.45. The van der Waals surface area contributed by atoms with E-state index in [-0.39, 0.29) is 10.4 Å². The van der Waals surface area contributed by atoms with Crippen LogP contribution in [0.2, 0.25) is 0 Å². The standard InChI is InChI=1S/C15H21FN2O4S/c1-14(2,3)23-11-6-5-9(7-10(11)16)18-13(21)17-8-15(4,22)12(19)20/h5-7,22H,8H2,1-4H3,(H,19,20)(H2,17,18,21). The number of aliphatic hydroxyl groups is 1. The normalized spacial score (nSPS) is 14.0. The molecule has 0 bridgehead atoms. The average Bonchev–Trinajstić information content (AvgIpc) is 2.38. The van der Waals surface area contributed by atoms with E-state index in [0.717, 1.165) is 6.92 Å². The number of hydrogen-bond donors (Lipinski definition) is 4. The number of nitrogens with one attached hydrogen (secondary N) is 2. The highest BCUT2D eigenvalue weighted by Gasteiger charge is 2.30. The van der Waals surface area contributed by atoms with Gasteiger partial charge in [0, 0.05) is 15.3 Å². The molecule has 0 fully saturated rings. The van der Waals surface area contributed by atoms with Gasteiger partial charge in [0.05, 0.1) is 6.54 Å². The van der Waals surface area contributed by atoms with Gasteiger partial charge in [-0.1, -0.05) is 20.8 Å². The van der Waals surface area contributed by atoms with Gasteiger partial charge in [-0.3, -0.25) is 0 Å². The van der Waals surface area contributed by atoms with Crippen LogP contribution in [0.1, 0.15) is 27.7 Å². The summed E-state index contributed by atoms with van der Waals surface area (Å²) in [4.78, 5) is 22.8. The van der Waals surface area contributed by atoms with Gasteiger partial charge in [0.15, 0.2) is 5.60 Å². The van der Waals surface area contributed by atoms with Crippen molar-refractivity contribution in [2.75, 3.05) is 11.9 Å². The van der Waals surface area contributed by atoms with Gasteiger partial charge in [-0.25, -0.2) is 14.0 Å². The van der Waals surface area contributed by atoms with Crippen LogP contribution in [0.5, 0.6) is 0 Å². The largest absolute Gasteiger partial charge is 0.479 e. The first kappa shape index (κ1) is 19.2. The van der Waals surface area contributed by atoms with Crippen molar-refractivity contribution in [3.8, 4) is 0 Å². The Morgan fingerprint density at radius 2 is 1.87 bits per heavy atom. The quantitative estimate of drug-likeness (QED) is 0.616. The van der Waals surface area contributed by atoms with Gasteiger partial charge in [-0.05, 0) is 25.1 Å². The highest BCUT2D eigenvalue weighted by Crippen LogP contribution is 2.34. The average molecular weight is 344 g/mol. The molecule has 0 aliphatic rings. The first-order valence-electron chi connectivity index (χ1n) is 6.90. The molecule has 0 aromatic heterocycles. The van der Waals surface area contributed by atoms with Crippen LogP contribution in [0.4, 0.5) is 14.9 Å². The third-order valence-electron chi connectivity index (χ3n) is 2.66. The number of carboxylic acid groups (broad SMARTS) is 1. The van der Waals surface area contributed by atoms with Crippen LogP contribution in [0.15, 0.2) is 23.1 Å². The van der Waals surface area contributed by atoms with Crippen molar-refractivity contribution >= 4 is 29.4 Å². The summed E-state index contributed by atoms with van der Waals surface area (Å²) in [5, 5.41) is 22.8. The molecular formula is C15H21FN2O4S. The molecule has 1 unspecified atom stereocenters. The van der Waals surface area contributed by atoms with Gasteiger partial charge in [0.2, 0.25) is 0 Å². The summed E-state index contributed by atoms with van der Waals surface area (Å²) in [5.41, 5.74) is -1.84. The number of benzene rings is 1. The number of hydrogen-bond acceptors (Lipinski definition) is 4. The topological polar surface area (TPSA) is 98.7 Å². The van der Waals surface area contributed by atoms with Crippen LogP contribution >= 0.6 is 11.8 Å². The first-order chi connectivity index (χ1) is 10.4. The van der Waals surface area contributed by atoms with E-state index >= 15 is 0 Å². The van der Waals surface area contributed by atoms with Crippen LogP contribution in [0.25, 0.3) is 0 Å². The van der Waals surface area contributed by atoms with Gasteiger partial charge in [0.25, 0.3) is 0 Å². The zero-order valence-electron chi connectivity index (χ0n) is 13.4. The van der Waals surface area contributed by atoms with E-state index in [1.807, 2.05) is 20.8 Å². The number of carbonyl (C=O) groups is 2. The van der Waals surface area contributed by atoms with E-state index in [9.17, 15) is 19.1 Å². The molecular weight excluding hydrogens is 323 g/mol. The maximum Gasteiger partial charge on any atom is 0.337 e. The predicted octanol–water partition coefficient (Wildman–Crippen LogP) is 2.67. The molecule has 1 aromatic carbocycles. The van der Waals surface area contributed by atoms with Crippen LogP contribution in [-0.4, -0.2) is 39.1 Å². The molecule has 128 valence electrons. The van der Waals surface area contributed by atoms with Gasteiger partial charge < -0.3 is 20.8 Å². The fourth-order valence-electron chi connectivity index (χ4n) is 1.49. The summed E-state index contributed by atoms with van der Waals surface area (Å²) in [7, 11) is 0. The molecule has 0 saturated carbocycles. The maximum atomic E-state index is 14.0. The Morgan fingerprint density at radius 3 is 2.35 bits per heavy atom. The van der Waals surface area contributed by atoms with Gasteiger partial charge in [0.1, 0.15) is 5.82 Å². The monoisotopic (exact) mass is 344 g/mol. The smallest absolute Gasteiger partial charge is 0.337 e. The second-order valence-corrected chi connectivity index (χ2v) is 8.12. The second kappa shape index (κ2) is 7.18. The van der Waals surface area contributed by atoms with Crippen LogP contribution < -0.4 is 10.6 Å². The Balaban J connectivity index is 2.66. The minimum atomic E-state index is -2.07. The van der Waals surface area contributed by atoms with Crippen molar-refractivity contribution in [2.45, 2.75) is 42.9 Å². The summed E-state index contributed by atoms with van der Waals surface area (Å²) in [6, 6.07) is 3.56. The molecule has 0 spiro atoms. The molecule has 4 N–H and O–H groups in total. The van der Waals surface area contributed by atoms with Crippen molar-refractivity contribution in [1.29, 1.82) is 0 Å². The van der Waals surface area contributed by atoms with Crippen molar-refractivity contribution in [3.05, 3.63) is 24.0 Å². The number of amides is 2. The lowest BCUT2D eigenvalue weighted by Crippen LogP contribution is -2.47. The van der Waals surface area contributed by atoms with Gasteiger partial charge >= 0.3 is 12.0 Å². The van der Waals surface area contributed by atoms with E-state index < -0.39 is 30.0 Å². The summed E-state index contributed by atoms with van der Waals surface area (Å²) in [6.45, 7) is 6.48. The fraction of sp³-hybridized carbons (Fsp3) is 0.467. The van der Waals surface area contributed by atoms with Crippen molar-refractivity contribution in [2.24, 2.45) is 0 Å². The molecule has 6 nitrogen and oxygen atoms in total. The van der Waals surface area contributed by atoms with Crippen LogP contribution in [0.3, 0.4) is 0 Å². The van der Waals surface area contributed by atoms with E-state index in [4.69, 9.17) is 5.11 Å². The third-order valence-corrected chi connectivity index (χ3v) is 3.82. The van der Waals surface area contributed by atoms with Crippen LogP contribution in [-0.2, 0) is 4.79 Å². The molecule has 2 amide bonds. The predicted molar refractivity (Wildman–Crippen MR) is 87.3 cm³/mol. The molecule has 0 aliphatic heterocycles. The summed E-state index contributed by atoms with van der Waals surface area (Å²) >= 11 is 1.37. The lowest BCUT2D eigenvalue weighted by molar-refractivity contribution is -0.155. The SMILES string of the molecule is CC(C)(C)Sc1ccc(NC(=O)NCC(C)(O)C(=O)O)cc1F. The molecule has 8 heteroatoms. The number of urea groups is 1. The molecule has 23 heavy (non-hydrogen) atoms. The van der Waals surface area contributed by atoms with E-state index in [1.54, 1.807) is 12.1 Å². The van der Waals surface area contributed by atoms with Crippen molar-refractivity contribution < 1.29 is 24.2 Å². The fourth-order valence-corrected chi connectivity index (χ4v) is 2.45. The van der Waals surface area contributed by atoms with Crippen LogP contribution in [0, 0.1) is 5.82 Å². The van der Waals surface area contributed by atoms with E-state index in [1.165, 1.54) is 17.8 Å². The van der Waals surface area contributed by atoms with Crippen molar-refractivity contribution in [1.82, 2.24) is 5.32 Å². The molecule has 1 atom stereocenters. The maximum absolute atomic E-state index is 14.0. The molecule has 0 aliphatic carbocycles. The number of carbonyl (C=O) groups excluding carboxylic acids is 1. The first-order valence-corrected chi connectivity index (χ1v) is 7.71. The van der Waals surface area contributed by atoms with Gasteiger partial charge in [-0.2, -0.15) is 0 Å². The Bertz CT molecular complexity index is 600. The van der Waals surface area contributed by atoms with E-state index in [2.05, 4.69) is 10.6 Å². The Morgan fingerprint density at radius 1 is 1.26 bits per heavy atom. The molecule has 0 saturated heterocycles. The summed E-state index contributed by atoms with van der Waals surface area (Å²) in [5.74, 6) is -1.91. The Kier molecular flexibility index (Phi) is 6.01. The zero-order chi connectivity index (χ0) is 17.8. The minimum Gasteiger partial charge on any atom is -0.479 e. The summed E-state index contributed by atoms with van der Waals surface area (Å²) < 4.78 is 13.9. The number of carboxylic acids is 1. The highest BCUT2D eigenvalue weighted by atomic mass is 32.2. The molecule has 0 radical (unpaired) electrons. The Hall–Kier alpha value is -1.80. The number of anilines is 1. The molecule has 1 rings (SSSR count). The summed E-state index contributed by atoms with van der Waals surface area (Å²) in [6.07, 6.45) is 0.